The topological polar surface area (TPSA) is 75.4 Å². The number of para-hydroxylation sites is 1. The summed E-state index contributed by atoms with van der Waals surface area (Å²) in [7, 11) is 1.97. The van der Waals surface area contributed by atoms with E-state index in [2.05, 4.69) is 25.2 Å². The van der Waals surface area contributed by atoms with Gasteiger partial charge in [0.1, 0.15) is 0 Å². The number of nitrogens with zero attached hydrogens (tertiary/aromatic N) is 1. The molecule has 0 aromatic heterocycles. The molecule has 4 aliphatic rings. The molecular weight excluding hydrogens is 398 g/mol. The van der Waals surface area contributed by atoms with E-state index in [1.807, 2.05) is 36.2 Å². The highest BCUT2D eigenvalue weighted by molar-refractivity contribution is 5.89. The van der Waals surface area contributed by atoms with Crippen molar-refractivity contribution in [2.75, 3.05) is 12.8 Å². The normalized spacial score (nSPS) is 40.4. The predicted octanol–water partition coefficient (Wildman–Crippen LogP) is 4.14. The molecule has 3 fully saturated rings. The van der Waals surface area contributed by atoms with E-state index in [0.717, 1.165) is 43.4 Å². The van der Waals surface area contributed by atoms with Gasteiger partial charge in [-0.25, -0.2) is 0 Å². The first-order valence-electron chi connectivity index (χ1n) is 12.3. The third-order valence-electron chi connectivity index (χ3n) is 9.95. The number of nitrogen functional groups attached to an aromatic ring is 1. The molecule has 5 rings (SSSR count). The van der Waals surface area contributed by atoms with Crippen LogP contribution in [0.4, 0.5) is 5.69 Å². The van der Waals surface area contributed by atoms with E-state index in [1.54, 1.807) is 6.08 Å². The van der Waals surface area contributed by atoms with Crippen LogP contribution in [0.25, 0.3) is 0 Å². The van der Waals surface area contributed by atoms with Crippen LogP contribution in [0.3, 0.4) is 0 Å². The lowest BCUT2D eigenvalue weighted by Crippen LogP contribution is -2.59. The molecule has 5 nitrogen and oxygen atoms in total. The third kappa shape index (κ3) is 3.11. The largest absolute Gasteiger partial charge is 0.398 e. The summed E-state index contributed by atoms with van der Waals surface area (Å²) < 4.78 is 0. The molecule has 0 saturated heterocycles. The van der Waals surface area contributed by atoms with E-state index >= 15 is 0 Å². The Morgan fingerprint density at radius 2 is 1.91 bits per heavy atom. The summed E-state index contributed by atoms with van der Waals surface area (Å²) in [6, 6.07) is 8.07. The van der Waals surface area contributed by atoms with Crippen molar-refractivity contribution < 1.29 is 9.59 Å². The van der Waals surface area contributed by atoms with Crippen LogP contribution < -0.4 is 11.1 Å². The van der Waals surface area contributed by atoms with Crippen LogP contribution in [0.1, 0.15) is 57.9 Å². The van der Waals surface area contributed by atoms with Gasteiger partial charge in [0, 0.05) is 36.7 Å². The Morgan fingerprint density at radius 3 is 2.69 bits per heavy atom. The minimum absolute atomic E-state index is 0.0537. The molecule has 1 aliphatic heterocycles. The summed E-state index contributed by atoms with van der Waals surface area (Å²) in [5.74, 6) is 2.24. The molecule has 3 N–H and O–H groups in total. The van der Waals surface area contributed by atoms with Crippen molar-refractivity contribution in [2.45, 2.75) is 65.0 Å². The molecule has 1 aromatic rings. The lowest BCUT2D eigenvalue weighted by molar-refractivity contribution is -0.142. The molecule has 0 spiro atoms. The minimum Gasteiger partial charge on any atom is -0.398 e. The van der Waals surface area contributed by atoms with Crippen molar-refractivity contribution in [3.8, 4) is 0 Å². The average Bonchev–Trinajstić information content (AvgIpc) is 3.13. The van der Waals surface area contributed by atoms with Gasteiger partial charge < -0.3 is 16.0 Å². The Hall–Kier alpha value is -2.30. The van der Waals surface area contributed by atoms with Gasteiger partial charge in [-0.3, -0.25) is 9.59 Å². The van der Waals surface area contributed by atoms with Crippen molar-refractivity contribution in [3.63, 3.8) is 0 Å². The lowest BCUT2D eigenvalue weighted by atomic mass is 9.47. The minimum atomic E-state index is 0.0537. The van der Waals surface area contributed by atoms with Gasteiger partial charge in [-0.1, -0.05) is 38.1 Å². The first-order valence-corrected chi connectivity index (χ1v) is 12.3. The predicted molar refractivity (Wildman–Crippen MR) is 126 cm³/mol. The first-order chi connectivity index (χ1) is 15.3. The molecular formula is C27H37N3O2. The Bertz CT molecular complexity index is 958. The molecule has 2 unspecified atom stereocenters. The molecule has 0 radical (unpaired) electrons. The van der Waals surface area contributed by atoms with Crippen molar-refractivity contribution in [1.29, 1.82) is 0 Å². The first kappa shape index (κ1) is 21.5. The average molecular weight is 436 g/mol. The summed E-state index contributed by atoms with van der Waals surface area (Å²) in [5, 5.41) is 3.20. The van der Waals surface area contributed by atoms with Crippen LogP contribution >= 0.6 is 0 Å². The Morgan fingerprint density at radius 1 is 1.12 bits per heavy atom. The van der Waals surface area contributed by atoms with Crippen LogP contribution in [0, 0.1) is 34.5 Å². The molecule has 1 heterocycles. The molecule has 5 heteroatoms. The zero-order chi connectivity index (χ0) is 22.7. The maximum Gasteiger partial charge on any atom is 0.246 e. The smallest absolute Gasteiger partial charge is 0.246 e. The van der Waals surface area contributed by atoms with Gasteiger partial charge in [-0.15, -0.1) is 0 Å². The second kappa shape index (κ2) is 7.64. The van der Waals surface area contributed by atoms with E-state index in [0.29, 0.717) is 30.3 Å². The highest BCUT2D eigenvalue weighted by atomic mass is 16.2. The number of carbonyl (C=O) groups is 2. The van der Waals surface area contributed by atoms with Crippen molar-refractivity contribution >= 4 is 17.5 Å². The molecule has 7 atom stereocenters. The van der Waals surface area contributed by atoms with Gasteiger partial charge in [0.25, 0.3) is 0 Å². The number of hydrogen-bond donors (Lipinski definition) is 2. The Balaban J connectivity index is 1.33. The number of likely N-dealkylation sites (N-methyl/N-ethyl adjacent to an activating group) is 1. The van der Waals surface area contributed by atoms with Gasteiger partial charge in [-0.05, 0) is 79.4 Å². The van der Waals surface area contributed by atoms with Gasteiger partial charge in [0.05, 0.1) is 0 Å². The Kier molecular flexibility index (Phi) is 5.14. The number of benzene rings is 1. The Labute approximate surface area is 191 Å². The molecule has 3 saturated carbocycles. The number of nitrogens with two attached hydrogens (primary N) is 1. The van der Waals surface area contributed by atoms with E-state index in [-0.39, 0.29) is 28.6 Å². The highest BCUT2D eigenvalue weighted by Crippen LogP contribution is 2.65. The fourth-order valence-corrected chi connectivity index (χ4v) is 8.17. The molecule has 172 valence electrons. The number of rotatable bonds is 3. The lowest BCUT2D eigenvalue weighted by Gasteiger charge is -2.60. The van der Waals surface area contributed by atoms with E-state index in [1.165, 1.54) is 6.42 Å². The summed E-state index contributed by atoms with van der Waals surface area (Å²) in [6.07, 6.45) is 10.6. The summed E-state index contributed by atoms with van der Waals surface area (Å²) >= 11 is 0. The monoisotopic (exact) mass is 435 g/mol. The van der Waals surface area contributed by atoms with Crippen molar-refractivity contribution in [2.24, 2.45) is 34.5 Å². The SMILES string of the molecule is CN1C(=O)C=C[C@@]2(C)C1CC[C@@H]1[C@H]2CC[C@]2(C)C(C(=O)NCc3ccccc3N)CC[C@@H]12. The van der Waals surface area contributed by atoms with Gasteiger partial charge in [-0.2, -0.15) is 0 Å². The molecule has 32 heavy (non-hydrogen) atoms. The molecule has 0 bridgehead atoms. The number of carbonyl (C=O) groups excluding carboxylic acids is 2. The van der Waals surface area contributed by atoms with Crippen LogP contribution in [0.2, 0.25) is 0 Å². The second-order valence-electron chi connectivity index (χ2n) is 11.2. The van der Waals surface area contributed by atoms with Crippen LogP contribution in [-0.2, 0) is 16.1 Å². The van der Waals surface area contributed by atoms with Crippen molar-refractivity contribution in [3.05, 3.63) is 42.0 Å². The van der Waals surface area contributed by atoms with E-state index in [9.17, 15) is 9.59 Å². The van der Waals surface area contributed by atoms with Gasteiger partial charge in [0.15, 0.2) is 0 Å². The zero-order valence-electron chi connectivity index (χ0n) is 19.6. The van der Waals surface area contributed by atoms with Gasteiger partial charge in [0.2, 0.25) is 11.8 Å². The number of hydrogen-bond acceptors (Lipinski definition) is 3. The standard InChI is InChI=1S/C27H37N3O2/c1-26-14-12-20-18(8-11-23-27(20,2)15-13-24(31)30(23)3)19(26)9-10-21(26)25(32)29-16-17-6-4-5-7-22(17)28/h4-7,13,15,18-21,23H,8-12,14,16,28H2,1-3H3,(H,29,32)/t18-,19-,20+,21?,23?,26-,27+/m0/s1. The summed E-state index contributed by atoms with van der Waals surface area (Å²) in [4.78, 5) is 27.6. The zero-order valence-corrected chi connectivity index (χ0v) is 19.6. The van der Waals surface area contributed by atoms with Crippen LogP contribution in [0.15, 0.2) is 36.4 Å². The third-order valence-corrected chi connectivity index (χ3v) is 9.95. The van der Waals surface area contributed by atoms with Crippen LogP contribution in [-0.4, -0.2) is 29.8 Å². The second-order valence-corrected chi connectivity index (χ2v) is 11.2. The molecule has 1 aromatic carbocycles. The fraction of sp³-hybridized carbons (Fsp3) is 0.630. The fourth-order valence-electron chi connectivity index (χ4n) is 8.17. The number of nitrogens with one attached hydrogen (secondary N) is 1. The van der Waals surface area contributed by atoms with Crippen molar-refractivity contribution in [1.82, 2.24) is 10.2 Å². The summed E-state index contributed by atoms with van der Waals surface area (Å²) in [6.45, 7) is 5.25. The number of anilines is 1. The summed E-state index contributed by atoms with van der Waals surface area (Å²) in [5.41, 5.74) is 7.91. The quantitative estimate of drug-likeness (QED) is 0.701. The van der Waals surface area contributed by atoms with Gasteiger partial charge >= 0.3 is 0 Å². The number of fused-ring (bicyclic) bond motifs is 5. The van der Waals surface area contributed by atoms with E-state index in [4.69, 9.17) is 5.73 Å². The molecule has 2 amide bonds. The van der Waals surface area contributed by atoms with E-state index < -0.39 is 0 Å². The maximum absolute atomic E-state index is 13.3. The van der Waals surface area contributed by atoms with Crippen LogP contribution in [0.5, 0.6) is 0 Å². The highest BCUT2D eigenvalue weighted by Gasteiger charge is 2.61. The maximum atomic E-state index is 13.3. The molecule has 3 aliphatic carbocycles. The number of amides is 2.